The van der Waals surface area contributed by atoms with Crippen LogP contribution in [0, 0.1) is 6.92 Å². The third-order valence-electron chi connectivity index (χ3n) is 4.10. The number of anilines is 1. The lowest BCUT2D eigenvalue weighted by Crippen LogP contribution is -2.12. The van der Waals surface area contributed by atoms with Gasteiger partial charge in [-0.1, -0.05) is 41.4 Å². The first-order valence-electron chi connectivity index (χ1n) is 8.59. The molecule has 0 radical (unpaired) electrons. The summed E-state index contributed by atoms with van der Waals surface area (Å²) in [5.74, 6) is 0.749. The highest BCUT2D eigenvalue weighted by molar-refractivity contribution is 6.35. The molecule has 1 amide bonds. The maximum absolute atomic E-state index is 12.5. The van der Waals surface area contributed by atoms with E-state index >= 15 is 0 Å². The Kier molecular flexibility index (Phi) is 6.45. The quantitative estimate of drug-likeness (QED) is 0.525. The molecule has 28 heavy (non-hydrogen) atoms. The van der Waals surface area contributed by atoms with Gasteiger partial charge in [-0.3, -0.25) is 4.79 Å². The number of carbonyl (C=O) groups excluding carboxylic acids is 1. The first-order valence-corrected chi connectivity index (χ1v) is 9.34. The molecule has 144 valence electrons. The van der Waals surface area contributed by atoms with E-state index in [0.29, 0.717) is 27.1 Å². The first kappa shape index (κ1) is 20.1. The number of ether oxygens (including phenoxy) is 2. The second-order valence-electron chi connectivity index (χ2n) is 6.21. The Bertz CT molecular complexity index is 1000. The van der Waals surface area contributed by atoms with Crippen molar-refractivity contribution < 1.29 is 14.3 Å². The van der Waals surface area contributed by atoms with Crippen molar-refractivity contribution in [1.82, 2.24) is 0 Å². The molecule has 4 nitrogen and oxygen atoms in total. The summed E-state index contributed by atoms with van der Waals surface area (Å²) in [5.41, 5.74) is 3.08. The van der Waals surface area contributed by atoms with Gasteiger partial charge in [0, 0.05) is 26.9 Å². The van der Waals surface area contributed by atoms with Gasteiger partial charge < -0.3 is 14.8 Å². The lowest BCUT2D eigenvalue weighted by Gasteiger charge is -2.13. The average Bonchev–Trinajstić information content (AvgIpc) is 2.67. The topological polar surface area (TPSA) is 47.6 Å². The van der Waals surface area contributed by atoms with E-state index in [1.807, 2.05) is 31.2 Å². The van der Waals surface area contributed by atoms with E-state index in [9.17, 15) is 4.79 Å². The minimum atomic E-state index is -0.226. The highest BCUT2D eigenvalue weighted by atomic mass is 35.5. The molecule has 0 heterocycles. The van der Waals surface area contributed by atoms with E-state index in [1.165, 1.54) is 7.11 Å². The zero-order valence-corrected chi connectivity index (χ0v) is 17.0. The normalized spacial score (nSPS) is 10.4. The van der Waals surface area contributed by atoms with Gasteiger partial charge in [0.1, 0.15) is 6.61 Å². The van der Waals surface area contributed by atoms with Crippen molar-refractivity contribution >= 4 is 34.8 Å². The number of hydrogen-bond donors (Lipinski definition) is 1. The first-order chi connectivity index (χ1) is 13.5. The average molecular weight is 416 g/mol. The Morgan fingerprint density at radius 2 is 1.82 bits per heavy atom. The van der Waals surface area contributed by atoms with E-state index in [1.54, 1.807) is 36.4 Å². The molecule has 0 bridgehead atoms. The van der Waals surface area contributed by atoms with Gasteiger partial charge in [0.2, 0.25) is 0 Å². The third-order valence-corrected chi connectivity index (χ3v) is 4.69. The molecule has 0 saturated carbocycles. The highest BCUT2D eigenvalue weighted by Crippen LogP contribution is 2.30. The minimum Gasteiger partial charge on any atom is -0.493 e. The van der Waals surface area contributed by atoms with Crippen LogP contribution in [0.25, 0.3) is 0 Å². The number of amides is 1. The number of rotatable bonds is 6. The van der Waals surface area contributed by atoms with Crippen molar-refractivity contribution in [3.05, 3.63) is 87.4 Å². The van der Waals surface area contributed by atoms with Gasteiger partial charge >= 0.3 is 0 Å². The smallest absolute Gasteiger partial charge is 0.255 e. The lowest BCUT2D eigenvalue weighted by molar-refractivity contribution is 0.102. The third kappa shape index (κ3) is 4.97. The number of aryl methyl sites for hydroxylation is 1. The molecule has 0 saturated heterocycles. The molecular weight excluding hydrogens is 397 g/mol. The van der Waals surface area contributed by atoms with Gasteiger partial charge in [-0.15, -0.1) is 0 Å². The van der Waals surface area contributed by atoms with E-state index in [0.717, 1.165) is 16.8 Å². The number of hydrogen-bond acceptors (Lipinski definition) is 3. The summed E-state index contributed by atoms with van der Waals surface area (Å²) in [4.78, 5) is 12.5. The summed E-state index contributed by atoms with van der Waals surface area (Å²) in [6.45, 7) is 2.22. The molecule has 3 aromatic carbocycles. The molecule has 0 aliphatic heterocycles. The highest BCUT2D eigenvalue weighted by Gasteiger charge is 2.12. The van der Waals surface area contributed by atoms with Crippen LogP contribution in [-0.4, -0.2) is 13.0 Å². The van der Waals surface area contributed by atoms with Crippen LogP contribution in [0.5, 0.6) is 11.5 Å². The Hall–Kier alpha value is -2.69. The van der Waals surface area contributed by atoms with E-state index in [-0.39, 0.29) is 12.5 Å². The molecule has 1 N–H and O–H groups in total. The van der Waals surface area contributed by atoms with Crippen molar-refractivity contribution in [1.29, 1.82) is 0 Å². The number of benzene rings is 3. The molecule has 0 spiro atoms. The van der Waals surface area contributed by atoms with Crippen molar-refractivity contribution in [3.8, 4) is 11.5 Å². The van der Waals surface area contributed by atoms with Crippen LogP contribution in [0.1, 0.15) is 21.5 Å². The second kappa shape index (κ2) is 9.00. The summed E-state index contributed by atoms with van der Waals surface area (Å²) in [6, 6.07) is 17.9. The predicted molar refractivity (Wildman–Crippen MR) is 113 cm³/mol. The van der Waals surface area contributed by atoms with Gasteiger partial charge in [0.15, 0.2) is 11.5 Å². The molecule has 0 fully saturated rings. The fourth-order valence-corrected chi connectivity index (χ4v) is 3.11. The van der Waals surface area contributed by atoms with Crippen LogP contribution in [0.3, 0.4) is 0 Å². The van der Waals surface area contributed by atoms with Crippen molar-refractivity contribution in [2.45, 2.75) is 13.5 Å². The fourth-order valence-electron chi connectivity index (χ4n) is 2.65. The SMILES string of the molecule is COc1cc(C(=O)Nc2cccc(C)c2)ccc1OCc1ccc(Cl)cc1Cl. The lowest BCUT2D eigenvalue weighted by atomic mass is 10.1. The van der Waals surface area contributed by atoms with Crippen LogP contribution in [0.15, 0.2) is 60.7 Å². The van der Waals surface area contributed by atoms with Crippen molar-refractivity contribution in [2.24, 2.45) is 0 Å². The second-order valence-corrected chi connectivity index (χ2v) is 7.06. The monoisotopic (exact) mass is 415 g/mol. The molecular formula is C22H19Cl2NO3. The van der Waals surface area contributed by atoms with Crippen molar-refractivity contribution in [3.63, 3.8) is 0 Å². The zero-order chi connectivity index (χ0) is 20.1. The summed E-state index contributed by atoms with van der Waals surface area (Å²) in [6.07, 6.45) is 0. The summed E-state index contributed by atoms with van der Waals surface area (Å²) in [5, 5.41) is 3.97. The van der Waals surface area contributed by atoms with Crippen LogP contribution >= 0.6 is 23.2 Å². The predicted octanol–water partition coefficient (Wildman–Crippen LogP) is 6.14. The molecule has 0 aromatic heterocycles. The van der Waals surface area contributed by atoms with Crippen molar-refractivity contribution in [2.75, 3.05) is 12.4 Å². The Balaban J connectivity index is 1.73. The molecule has 0 aliphatic rings. The van der Waals surface area contributed by atoms with Gasteiger partial charge in [0.05, 0.1) is 7.11 Å². The number of nitrogens with one attached hydrogen (secondary N) is 1. The van der Waals surface area contributed by atoms with E-state index in [2.05, 4.69) is 5.32 Å². The van der Waals surface area contributed by atoms with E-state index in [4.69, 9.17) is 32.7 Å². The van der Waals surface area contributed by atoms with Gasteiger partial charge in [-0.25, -0.2) is 0 Å². The van der Waals surface area contributed by atoms with Crippen LogP contribution in [0.4, 0.5) is 5.69 Å². The molecule has 3 aromatic rings. The van der Waals surface area contributed by atoms with Gasteiger partial charge in [-0.2, -0.15) is 0 Å². The number of halogens is 2. The number of methoxy groups -OCH3 is 1. The molecule has 0 unspecified atom stereocenters. The van der Waals surface area contributed by atoms with E-state index < -0.39 is 0 Å². The zero-order valence-electron chi connectivity index (χ0n) is 15.5. The minimum absolute atomic E-state index is 0.226. The molecule has 6 heteroatoms. The summed E-state index contributed by atoms with van der Waals surface area (Å²) >= 11 is 12.1. The molecule has 0 aliphatic carbocycles. The van der Waals surface area contributed by atoms with Crippen LogP contribution in [0.2, 0.25) is 10.0 Å². The van der Waals surface area contributed by atoms with Crippen LogP contribution < -0.4 is 14.8 Å². The Labute approximate surface area is 174 Å². The number of carbonyl (C=O) groups is 1. The summed E-state index contributed by atoms with van der Waals surface area (Å²) < 4.78 is 11.2. The largest absolute Gasteiger partial charge is 0.493 e. The fraction of sp³-hybridized carbons (Fsp3) is 0.136. The summed E-state index contributed by atoms with van der Waals surface area (Å²) in [7, 11) is 1.53. The standard InChI is InChI=1S/C22H19Cl2NO3/c1-14-4-3-5-18(10-14)25-22(26)15-7-9-20(21(11-15)27-2)28-13-16-6-8-17(23)12-19(16)24/h3-12H,13H2,1-2H3,(H,25,26). The van der Waals surface area contributed by atoms with Gasteiger partial charge in [-0.05, 0) is 55.0 Å². The van der Waals surface area contributed by atoms with Crippen LogP contribution in [-0.2, 0) is 6.61 Å². The maximum atomic E-state index is 12.5. The van der Waals surface area contributed by atoms with Gasteiger partial charge in [0.25, 0.3) is 5.91 Å². The molecule has 0 atom stereocenters. The maximum Gasteiger partial charge on any atom is 0.255 e. The Morgan fingerprint density at radius 3 is 2.54 bits per heavy atom. The Morgan fingerprint density at radius 1 is 1.00 bits per heavy atom. The molecule has 3 rings (SSSR count).